The van der Waals surface area contributed by atoms with Gasteiger partial charge in [-0.05, 0) is 66.1 Å². The first-order chi connectivity index (χ1) is 10.7. The fourth-order valence-electron chi connectivity index (χ4n) is 3.07. The summed E-state index contributed by atoms with van der Waals surface area (Å²) in [4.78, 5) is 11.9. The van der Waals surface area contributed by atoms with Crippen LogP contribution in [-0.4, -0.2) is 13.1 Å². The Hall–Kier alpha value is -2.35. The minimum atomic E-state index is -0.281. The number of ether oxygens (including phenoxy) is 1. The molecular formula is C20H20O2. The number of carbonyl (C=O) groups is 1. The Balaban J connectivity index is 2.16. The maximum Gasteiger partial charge on any atom is 0.337 e. The summed E-state index contributed by atoms with van der Waals surface area (Å²) in [7, 11) is 1.42. The number of benzene rings is 2. The predicted molar refractivity (Wildman–Crippen MR) is 89.0 cm³/mol. The van der Waals surface area contributed by atoms with Crippen LogP contribution in [0.25, 0.3) is 5.57 Å². The maximum atomic E-state index is 11.9. The van der Waals surface area contributed by atoms with E-state index in [9.17, 15) is 4.79 Å². The van der Waals surface area contributed by atoms with Crippen molar-refractivity contribution in [3.63, 3.8) is 0 Å². The molecular weight excluding hydrogens is 272 g/mol. The molecule has 0 saturated carbocycles. The molecule has 2 heteroatoms. The second-order valence-corrected chi connectivity index (χ2v) is 5.69. The summed E-state index contributed by atoms with van der Waals surface area (Å²) in [5.74, 6) is -0.281. The van der Waals surface area contributed by atoms with Crippen molar-refractivity contribution in [1.82, 2.24) is 0 Å². The van der Waals surface area contributed by atoms with E-state index in [1.54, 1.807) is 0 Å². The zero-order chi connectivity index (χ0) is 15.5. The van der Waals surface area contributed by atoms with Gasteiger partial charge in [0.25, 0.3) is 0 Å². The van der Waals surface area contributed by atoms with E-state index >= 15 is 0 Å². The number of aryl methyl sites for hydroxylation is 2. The van der Waals surface area contributed by atoms with Crippen LogP contribution in [-0.2, 0) is 11.2 Å². The monoisotopic (exact) mass is 292 g/mol. The predicted octanol–water partition coefficient (Wildman–Crippen LogP) is 4.55. The minimum Gasteiger partial charge on any atom is -0.465 e. The van der Waals surface area contributed by atoms with Crippen molar-refractivity contribution in [3.05, 3.63) is 76.4 Å². The van der Waals surface area contributed by atoms with Crippen molar-refractivity contribution in [2.45, 2.75) is 26.2 Å². The number of methoxy groups -OCH3 is 1. The average Bonchev–Trinajstić information content (AvgIpc) is 2.76. The van der Waals surface area contributed by atoms with Crippen LogP contribution in [0, 0.1) is 6.92 Å². The van der Waals surface area contributed by atoms with Gasteiger partial charge in [0, 0.05) is 0 Å². The number of hydrogen-bond donors (Lipinski definition) is 0. The zero-order valence-electron chi connectivity index (χ0n) is 13.1. The van der Waals surface area contributed by atoms with Gasteiger partial charge in [0.2, 0.25) is 0 Å². The van der Waals surface area contributed by atoms with Crippen LogP contribution in [0.1, 0.15) is 45.5 Å². The fourth-order valence-corrected chi connectivity index (χ4v) is 3.07. The molecule has 0 saturated heterocycles. The summed E-state index contributed by atoms with van der Waals surface area (Å²) in [6, 6.07) is 14.3. The van der Waals surface area contributed by atoms with Crippen LogP contribution in [0.2, 0.25) is 0 Å². The van der Waals surface area contributed by atoms with Gasteiger partial charge in [0.15, 0.2) is 0 Å². The SMILES string of the molecule is COC(=O)c1ccc2c(c1)C(c1ccccc1C)=CCCC2. The lowest BCUT2D eigenvalue weighted by Gasteiger charge is -2.14. The van der Waals surface area contributed by atoms with Crippen molar-refractivity contribution in [2.75, 3.05) is 7.11 Å². The van der Waals surface area contributed by atoms with Crippen LogP contribution >= 0.6 is 0 Å². The van der Waals surface area contributed by atoms with Gasteiger partial charge in [-0.2, -0.15) is 0 Å². The van der Waals surface area contributed by atoms with Gasteiger partial charge in [0.05, 0.1) is 12.7 Å². The third-order valence-corrected chi connectivity index (χ3v) is 4.26. The first-order valence-corrected chi connectivity index (χ1v) is 7.68. The zero-order valence-corrected chi connectivity index (χ0v) is 13.1. The molecule has 0 amide bonds. The molecule has 3 rings (SSSR count). The van der Waals surface area contributed by atoms with E-state index in [1.165, 1.54) is 29.4 Å². The van der Waals surface area contributed by atoms with Crippen molar-refractivity contribution in [3.8, 4) is 0 Å². The van der Waals surface area contributed by atoms with E-state index in [-0.39, 0.29) is 5.97 Å². The third kappa shape index (κ3) is 2.69. The fraction of sp³-hybridized carbons (Fsp3) is 0.250. The van der Waals surface area contributed by atoms with E-state index < -0.39 is 0 Å². The van der Waals surface area contributed by atoms with Gasteiger partial charge in [-0.3, -0.25) is 0 Å². The van der Waals surface area contributed by atoms with Crippen molar-refractivity contribution in [1.29, 1.82) is 0 Å². The van der Waals surface area contributed by atoms with Crippen molar-refractivity contribution < 1.29 is 9.53 Å². The Bertz CT molecular complexity index is 741. The highest BCUT2D eigenvalue weighted by atomic mass is 16.5. The molecule has 0 heterocycles. The minimum absolute atomic E-state index is 0.281. The Kier molecular flexibility index (Phi) is 4.10. The molecule has 1 aliphatic carbocycles. The van der Waals surface area contributed by atoms with Gasteiger partial charge in [0.1, 0.15) is 0 Å². The second kappa shape index (κ2) is 6.18. The topological polar surface area (TPSA) is 26.3 Å². The molecule has 22 heavy (non-hydrogen) atoms. The van der Waals surface area contributed by atoms with Crippen LogP contribution in [0.5, 0.6) is 0 Å². The molecule has 2 nitrogen and oxygen atoms in total. The molecule has 0 N–H and O–H groups in total. The Morgan fingerprint density at radius 2 is 1.91 bits per heavy atom. The molecule has 0 atom stereocenters. The standard InChI is InChI=1S/C20H20O2/c1-14-7-3-5-9-17(14)18-10-6-4-8-15-11-12-16(13-19(15)18)20(21)22-2/h3,5,7,9-13H,4,6,8H2,1-2H3. The maximum absolute atomic E-state index is 11.9. The summed E-state index contributed by atoms with van der Waals surface area (Å²) in [6.45, 7) is 2.13. The Labute approximate surface area is 131 Å². The molecule has 0 radical (unpaired) electrons. The average molecular weight is 292 g/mol. The van der Waals surface area contributed by atoms with Gasteiger partial charge in [-0.15, -0.1) is 0 Å². The van der Waals surface area contributed by atoms with Crippen molar-refractivity contribution in [2.24, 2.45) is 0 Å². The highest BCUT2D eigenvalue weighted by molar-refractivity contribution is 5.92. The largest absolute Gasteiger partial charge is 0.465 e. The van der Waals surface area contributed by atoms with Crippen LogP contribution in [0.4, 0.5) is 0 Å². The highest BCUT2D eigenvalue weighted by Crippen LogP contribution is 2.33. The Morgan fingerprint density at radius 1 is 1.09 bits per heavy atom. The number of carbonyl (C=O) groups excluding carboxylic acids is 1. The highest BCUT2D eigenvalue weighted by Gasteiger charge is 2.17. The number of hydrogen-bond acceptors (Lipinski definition) is 2. The lowest BCUT2D eigenvalue weighted by Crippen LogP contribution is -2.04. The quantitative estimate of drug-likeness (QED) is 0.759. The van der Waals surface area contributed by atoms with Crippen molar-refractivity contribution >= 4 is 11.5 Å². The summed E-state index contributed by atoms with van der Waals surface area (Å²) in [6.07, 6.45) is 5.55. The normalized spacial score (nSPS) is 13.8. The molecule has 0 aromatic heterocycles. The molecule has 0 unspecified atom stereocenters. The third-order valence-electron chi connectivity index (χ3n) is 4.26. The summed E-state index contributed by atoms with van der Waals surface area (Å²) in [5.41, 5.74) is 6.81. The number of esters is 1. The number of rotatable bonds is 2. The Morgan fingerprint density at radius 3 is 2.68 bits per heavy atom. The second-order valence-electron chi connectivity index (χ2n) is 5.69. The molecule has 0 fully saturated rings. The van der Waals surface area contributed by atoms with Crippen LogP contribution < -0.4 is 0 Å². The molecule has 2 aromatic carbocycles. The summed E-state index contributed by atoms with van der Waals surface area (Å²) in [5, 5.41) is 0. The molecule has 0 spiro atoms. The van der Waals surface area contributed by atoms with Crippen LogP contribution in [0.15, 0.2) is 48.5 Å². The molecule has 0 bridgehead atoms. The molecule has 2 aromatic rings. The van der Waals surface area contributed by atoms with Gasteiger partial charge < -0.3 is 4.74 Å². The first-order valence-electron chi connectivity index (χ1n) is 7.68. The molecule has 0 aliphatic heterocycles. The van der Waals surface area contributed by atoms with Crippen LogP contribution in [0.3, 0.4) is 0 Å². The van der Waals surface area contributed by atoms with Gasteiger partial charge in [-0.1, -0.05) is 36.4 Å². The van der Waals surface area contributed by atoms with E-state index in [0.29, 0.717) is 5.56 Å². The van der Waals surface area contributed by atoms with E-state index in [1.807, 2.05) is 12.1 Å². The summed E-state index contributed by atoms with van der Waals surface area (Å²) >= 11 is 0. The van der Waals surface area contributed by atoms with E-state index in [2.05, 4.69) is 43.3 Å². The lowest BCUT2D eigenvalue weighted by molar-refractivity contribution is 0.0600. The van der Waals surface area contributed by atoms with Gasteiger partial charge >= 0.3 is 5.97 Å². The lowest BCUT2D eigenvalue weighted by atomic mass is 9.90. The number of fused-ring (bicyclic) bond motifs is 1. The smallest absolute Gasteiger partial charge is 0.337 e. The van der Waals surface area contributed by atoms with E-state index in [0.717, 1.165) is 24.8 Å². The van der Waals surface area contributed by atoms with Gasteiger partial charge in [-0.25, -0.2) is 4.79 Å². The molecule has 1 aliphatic rings. The molecule has 112 valence electrons. The first kappa shape index (κ1) is 14.6. The number of allylic oxidation sites excluding steroid dienone is 1. The van der Waals surface area contributed by atoms with E-state index in [4.69, 9.17) is 4.74 Å². The summed E-state index contributed by atoms with van der Waals surface area (Å²) < 4.78 is 4.86.